The van der Waals surface area contributed by atoms with E-state index in [1.165, 1.54) is 33.8 Å². The van der Waals surface area contributed by atoms with Gasteiger partial charge in [-0.2, -0.15) is 0 Å². The Labute approximate surface area is 214 Å². The fourth-order valence-electron chi connectivity index (χ4n) is 4.91. The van der Waals surface area contributed by atoms with Crippen LogP contribution in [0.3, 0.4) is 0 Å². The van der Waals surface area contributed by atoms with E-state index in [1.807, 2.05) is 18.3 Å². The van der Waals surface area contributed by atoms with E-state index in [9.17, 15) is 0 Å². The summed E-state index contributed by atoms with van der Waals surface area (Å²) in [5.74, 6) is 0. The maximum atomic E-state index is 5.91. The van der Waals surface area contributed by atoms with Crippen LogP contribution >= 0.6 is 28.1 Å². The van der Waals surface area contributed by atoms with Crippen molar-refractivity contribution in [2.45, 2.75) is 39.8 Å². The van der Waals surface area contributed by atoms with Crippen molar-refractivity contribution in [3.63, 3.8) is 0 Å². The number of pyridine rings is 1. The summed E-state index contributed by atoms with van der Waals surface area (Å²) >= 11 is 9.55. The van der Waals surface area contributed by atoms with E-state index in [0.29, 0.717) is 5.11 Å². The Morgan fingerprint density at radius 1 is 0.912 bits per heavy atom. The van der Waals surface area contributed by atoms with Crippen molar-refractivity contribution < 1.29 is 0 Å². The van der Waals surface area contributed by atoms with Gasteiger partial charge in [0.2, 0.25) is 0 Å². The normalized spacial score (nSPS) is 17.8. The fourth-order valence-corrected chi connectivity index (χ4v) is 5.50. The van der Waals surface area contributed by atoms with Gasteiger partial charge in [-0.05, 0) is 99.6 Å². The summed E-state index contributed by atoms with van der Waals surface area (Å²) in [6.45, 7) is 8.59. The molecular formula is C28H27BrN4S. The van der Waals surface area contributed by atoms with Gasteiger partial charge in [-0.25, -0.2) is 0 Å². The molecule has 6 heteroatoms. The molecule has 0 amide bonds. The third-order valence-corrected chi connectivity index (χ3v) is 7.80. The lowest BCUT2D eigenvalue weighted by atomic mass is 9.96. The maximum absolute atomic E-state index is 5.91. The monoisotopic (exact) mass is 530 g/mol. The fraction of sp³-hybridized carbons (Fsp3) is 0.214. The molecule has 2 aromatic heterocycles. The van der Waals surface area contributed by atoms with Gasteiger partial charge in [-0.1, -0.05) is 39.7 Å². The van der Waals surface area contributed by atoms with Crippen molar-refractivity contribution in [2.75, 3.05) is 4.90 Å². The van der Waals surface area contributed by atoms with E-state index in [4.69, 9.17) is 17.2 Å². The van der Waals surface area contributed by atoms with Gasteiger partial charge in [0, 0.05) is 33.4 Å². The van der Waals surface area contributed by atoms with Crippen LogP contribution in [-0.4, -0.2) is 14.7 Å². The SMILES string of the molecule is Cc1ccc(-n2c(C)cc([C@H]3[C@H](c4ccccn4)NC(=S)N3c3ccc(Br)c(C)c3)c2C)cc1. The molecule has 172 valence electrons. The Bertz CT molecular complexity index is 1360. The molecule has 34 heavy (non-hydrogen) atoms. The Morgan fingerprint density at radius 2 is 1.65 bits per heavy atom. The lowest BCUT2D eigenvalue weighted by Crippen LogP contribution is -2.29. The lowest BCUT2D eigenvalue weighted by Gasteiger charge is -2.28. The molecule has 4 aromatic rings. The molecule has 1 saturated heterocycles. The first-order valence-electron chi connectivity index (χ1n) is 11.4. The standard InChI is InChI=1S/C28H27BrN4S/c1-17-8-10-21(11-9-17)32-19(3)16-23(20(32)4)27-26(25-7-5-6-14-30-25)31-28(34)33(27)22-12-13-24(29)18(2)15-22/h5-16,26-27H,1-4H3,(H,31,34)/t26-,27-/m0/s1. The summed E-state index contributed by atoms with van der Waals surface area (Å²) in [7, 11) is 0. The van der Waals surface area contributed by atoms with Gasteiger partial charge in [0.1, 0.15) is 0 Å². The number of hydrogen-bond donors (Lipinski definition) is 1. The molecule has 5 rings (SSSR count). The highest BCUT2D eigenvalue weighted by molar-refractivity contribution is 9.10. The lowest BCUT2D eigenvalue weighted by molar-refractivity contribution is 0.565. The third kappa shape index (κ3) is 3.95. The Hall–Kier alpha value is -2.96. The molecule has 0 bridgehead atoms. The number of nitrogens with zero attached hydrogens (tertiary/aromatic N) is 3. The predicted octanol–water partition coefficient (Wildman–Crippen LogP) is 7.05. The van der Waals surface area contributed by atoms with Crippen LogP contribution in [0.4, 0.5) is 5.69 Å². The van der Waals surface area contributed by atoms with Crippen LogP contribution in [0.15, 0.2) is 77.4 Å². The maximum Gasteiger partial charge on any atom is 0.174 e. The molecule has 2 aromatic carbocycles. The number of hydrogen-bond acceptors (Lipinski definition) is 2. The Balaban J connectivity index is 1.68. The molecule has 0 radical (unpaired) electrons. The van der Waals surface area contributed by atoms with Crippen molar-refractivity contribution in [3.05, 3.63) is 111 Å². The number of thiocarbonyl (C=S) groups is 1. The molecule has 1 aliphatic rings. The van der Waals surface area contributed by atoms with Gasteiger partial charge in [-0.15, -0.1) is 0 Å². The minimum absolute atomic E-state index is 0.0339. The number of anilines is 1. The molecule has 0 aliphatic carbocycles. The molecule has 0 unspecified atom stereocenters. The molecule has 1 aliphatic heterocycles. The summed E-state index contributed by atoms with van der Waals surface area (Å²) in [6, 6.07) is 23.3. The minimum Gasteiger partial charge on any atom is -0.351 e. The van der Waals surface area contributed by atoms with Crippen molar-refractivity contribution in [1.29, 1.82) is 0 Å². The van der Waals surface area contributed by atoms with Crippen LogP contribution in [0.25, 0.3) is 5.69 Å². The molecule has 2 atom stereocenters. The summed E-state index contributed by atoms with van der Waals surface area (Å²) in [4.78, 5) is 6.94. The number of aromatic nitrogens is 2. The third-order valence-electron chi connectivity index (χ3n) is 6.60. The molecule has 0 saturated carbocycles. The molecule has 3 heterocycles. The topological polar surface area (TPSA) is 33.1 Å². The highest BCUT2D eigenvalue weighted by atomic mass is 79.9. The molecular weight excluding hydrogens is 504 g/mol. The van der Waals surface area contributed by atoms with E-state index in [2.05, 4.69) is 113 Å². The number of aryl methyl sites for hydroxylation is 3. The van der Waals surface area contributed by atoms with Crippen LogP contribution in [0.5, 0.6) is 0 Å². The highest BCUT2D eigenvalue weighted by Gasteiger charge is 2.42. The first kappa shape index (κ1) is 22.8. The van der Waals surface area contributed by atoms with Gasteiger partial charge in [0.15, 0.2) is 5.11 Å². The van der Waals surface area contributed by atoms with Crippen molar-refractivity contribution in [3.8, 4) is 5.69 Å². The summed E-state index contributed by atoms with van der Waals surface area (Å²) in [5.41, 5.74) is 9.28. The van der Waals surface area contributed by atoms with Crippen LogP contribution in [0, 0.1) is 27.7 Å². The second kappa shape index (κ2) is 9.01. The zero-order valence-corrected chi connectivity index (χ0v) is 22.1. The van der Waals surface area contributed by atoms with Crippen LogP contribution < -0.4 is 10.2 Å². The molecule has 0 spiro atoms. The quantitative estimate of drug-likeness (QED) is 0.286. The minimum atomic E-state index is -0.0652. The van der Waals surface area contributed by atoms with E-state index >= 15 is 0 Å². The smallest absolute Gasteiger partial charge is 0.174 e. The second-order valence-corrected chi connectivity index (χ2v) is 10.2. The summed E-state index contributed by atoms with van der Waals surface area (Å²) < 4.78 is 3.42. The van der Waals surface area contributed by atoms with Crippen LogP contribution in [0.1, 0.15) is 45.9 Å². The Morgan fingerprint density at radius 3 is 2.32 bits per heavy atom. The average molecular weight is 532 g/mol. The van der Waals surface area contributed by atoms with E-state index in [1.54, 1.807) is 0 Å². The highest BCUT2D eigenvalue weighted by Crippen LogP contribution is 2.44. The predicted molar refractivity (Wildman–Crippen MR) is 147 cm³/mol. The second-order valence-electron chi connectivity index (χ2n) is 8.93. The van der Waals surface area contributed by atoms with E-state index < -0.39 is 0 Å². The van der Waals surface area contributed by atoms with Gasteiger partial charge in [0.05, 0.1) is 17.8 Å². The summed E-state index contributed by atoms with van der Waals surface area (Å²) in [5, 5.41) is 4.29. The van der Waals surface area contributed by atoms with Crippen LogP contribution in [0.2, 0.25) is 0 Å². The van der Waals surface area contributed by atoms with Gasteiger partial charge in [0.25, 0.3) is 0 Å². The Kier molecular flexibility index (Phi) is 6.04. The van der Waals surface area contributed by atoms with Gasteiger partial charge < -0.3 is 14.8 Å². The van der Waals surface area contributed by atoms with E-state index in [0.717, 1.165) is 15.9 Å². The zero-order valence-electron chi connectivity index (χ0n) is 19.7. The molecule has 1 fully saturated rings. The van der Waals surface area contributed by atoms with Gasteiger partial charge >= 0.3 is 0 Å². The van der Waals surface area contributed by atoms with Crippen molar-refractivity contribution in [1.82, 2.24) is 14.9 Å². The van der Waals surface area contributed by atoms with Crippen molar-refractivity contribution in [2.24, 2.45) is 0 Å². The number of benzene rings is 2. The van der Waals surface area contributed by atoms with E-state index in [-0.39, 0.29) is 12.1 Å². The number of nitrogens with one attached hydrogen (secondary N) is 1. The first-order valence-corrected chi connectivity index (χ1v) is 12.6. The molecule has 4 nitrogen and oxygen atoms in total. The van der Waals surface area contributed by atoms with Crippen LogP contribution in [-0.2, 0) is 0 Å². The summed E-state index contributed by atoms with van der Waals surface area (Å²) in [6.07, 6.45) is 1.85. The first-order chi connectivity index (χ1) is 16.3. The zero-order chi connectivity index (χ0) is 24.0. The molecule has 1 N–H and O–H groups in total. The largest absolute Gasteiger partial charge is 0.351 e. The van der Waals surface area contributed by atoms with Crippen molar-refractivity contribution >= 4 is 38.9 Å². The number of rotatable bonds is 4. The average Bonchev–Trinajstić information content (AvgIpc) is 3.32. The number of halogens is 1. The van der Waals surface area contributed by atoms with Gasteiger partial charge in [-0.3, -0.25) is 4.98 Å².